The van der Waals surface area contributed by atoms with E-state index in [1.165, 1.54) is 122 Å². The number of phosphoric acid groups is 1. The topological polar surface area (TPSA) is 117 Å². The van der Waals surface area contributed by atoms with E-state index in [2.05, 4.69) is 74.6 Å². The van der Waals surface area contributed by atoms with Gasteiger partial charge >= 0.3 is 13.8 Å². The summed E-state index contributed by atoms with van der Waals surface area (Å²) in [5.41, 5.74) is 5.38. The molecule has 0 aliphatic heterocycles. The summed E-state index contributed by atoms with van der Waals surface area (Å²) in [6.07, 6.45) is 56.7. The predicted molar refractivity (Wildman–Crippen MR) is 247 cm³/mol. The highest BCUT2D eigenvalue weighted by Gasteiger charge is 2.25. The number of ether oxygens (including phenoxy) is 2. The molecule has 8 nitrogen and oxygen atoms in total. The highest BCUT2D eigenvalue weighted by molar-refractivity contribution is 7.47. The molecule has 2 unspecified atom stereocenters. The van der Waals surface area contributed by atoms with Crippen molar-refractivity contribution in [1.82, 2.24) is 0 Å². The molecule has 0 saturated heterocycles. The van der Waals surface area contributed by atoms with Gasteiger partial charge in [-0.1, -0.05) is 184 Å². The van der Waals surface area contributed by atoms with E-state index in [9.17, 15) is 14.3 Å². The fourth-order valence-corrected chi connectivity index (χ4v) is 7.22. The van der Waals surface area contributed by atoms with E-state index in [-0.39, 0.29) is 32.3 Å². The molecule has 0 fully saturated rings. The molecule has 0 aromatic rings. The quantitative estimate of drug-likeness (QED) is 0.0269. The number of hydrogen-bond acceptors (Lipinski definition) is 7. The molecule has 0 rings (SSSR count). The number of carbonyl (C=O) groups is 1. The van der Waals surface area contributed by atoms with Gasteiger partial charge in [-0.2, -0.15) is 0 Å². The van der Waals surface area contributed by atoms with E-state index in [0.29, 0.717) is 13.0 Å². The van der Waals surface area contributed by atoms with Crippen LogP contribution in [0.1, 0.15) is 206 Å². The first-order valence-electron chi connectivity index (χ1n) is 23.8. The minimum atomic E-state index is -4.29. The lowest BCUT2D eigenvalue weighted by Gasteiger charge is -2.20. The third kappa shape index (κ3) is 45.3. The van der Waals surface area contributed by atoms with Crippen molar-refractivity contribution in [2.45, 2.75) is 213 Å². The molecule has 3 N–H and O–H groups in total. The summed E-state index contributed by atoms with van der Waals surface area (Å²) in [4.78, 5) is 22.6. The zero-order valence-corrected chi connectivity index (χ0v) is 38.4. The number of esters is 1. The summed E-state index contributed by atoms with van der Waals surface area (Å²) in [5.74, 6) is -0.340. The Balaban J connectivity index is 4.01. The zero-order chi connectivity index (χ0) is 42.3. The van der Waals surface area contributed by atoms with Gasteiger partial charge in [0.1, 0.15) is 6.10 Å². The molecule has 0 amide bonds. The van der Waals surface area contributed by atoms with Crippen LogP contribution in [-0.2, 0) is 27.9 Å². The van der Waals surface area contributed by atoms with Gasteiger partial charge < -0.3 is 20.1 Å². The molecular formula is C49H90NO7P. The third-order valence-corrected chi connectivity index (χ3v) is 10.9. The van der Waals surface area contributed by atoms with Crippen LogP contribution in [0, 0.1) is 0 Å². The average molecular weight is 836 g/mol. The lowest BCUT2D eigenvalue weighted by molar-refractivity contribution is -0.154. The van der Waals surface area contributed by atoms with Crippen molar-refractivity contribution in [3.63, 3.8) is 0 Å². The molecule has 0 heterocycles. The van der Waals surface area contributed by atoms with Crippen molar-refractivity contribution in [2.75, 3.05) is 33.0 Å². The average Bonchev–Trinajstić information content (AvgIpc) is 3.21. The molecule has 0 spiro atoms. The van der Waals surface area contributed by atoms with Crippen LogP contribution in [-0.4, -0.2) is 49.9 Å². The Morgan fingerprint density at radius 2 is 0.966 bits per heavy atom. The summed E-state index contributed by atoms with van der Waals surface area (Å²) >= 11 is 0. The standard InChI is InChI=1S/C49H90NO7P/c1-3-5-7-9-11-13-15-17-19-21-23-24-25-26-28-30-32-34-36-38-40-42-49(51)57-48(47-56-58(52,53)55-45-43-50)46-54-44-41-39-37-35-33-31-29-27-22-20-18-16-14-12-10-8-6-4-2/h5,7,11,13,17-20,23-24,48H,3-4,6,8-10,12,14-16,21-22,25-47,50H2,1-2H3,(H,52,53)/b7-5-,13-11-,19-17-,20-18-,24-23-. The van der Waals surface area contributed by atoms with Gasteiger partial charge in [-0.3, -0.25) is 13.8 Å². The van der Waals surface area contributed by atoms with E-state index >= 15 is 0 Å². The lowest BCUT2D eigenvalue weighted by Crippen LogP contribution is -2.28. The molecule has 0 radical (unpaired) electrons. The number of allylic oxidation sites excluding steroid dienone is 10. The maximum absolute atomic E-state index is 12.6. The Kier molecular flexibility index (Phi) is 44.8. The first-order chi connectivity index (χ1) is 28.4. The first kappa shape index (κ1) is 56.2. The van der Waals surface area contributed by atoms with Gasteiger partial charge in [0.2, 0.25) is 0 Å². The van der Waals surface area contributed by atoms with Crippen LogP contribution >= 0.6 is 7.82 Å². The van der Waals surface area contributed by atoms with Gasteiger partial charge in [-0.05, 0) is 77.0 Å². The highest BCUT2D eigenvalue weighted by atomic mass is 31.2. The van der Waals surface area contributed by atoms with Crippen molar-refractivity contribution >= 4 is 13.8 Å². The summed E-state index contributed by atoms with van der Waals surface area (Å²) in [6, 6.07) is 0. The Hall–Kier alpha value is -1.80. The summed E-state index contributed by atoms with van der Waals surface area (Å²) in [5, 5.41) is 0. The Labute approximate surface area is 357 Å². The van der Waals surface area contributed by atoms with Crippen LogP contribution in [0.25, 0.3) is 0 Å². The molecule has 0 aliphatic rings. The predicted octanol–water partition coefficient (Wildman–Crippen LogP) is 14.5. The largest absolute Gasteiger partial charge is 0.472 e. The highest BCUT2D eigenvalue weighted by Crippen LogP contribution is 2.43. The van der Waals surface area contributed by atoms with Crippen molar-refractivity contribution in [3.05, 3.63) is 60.8 Å². The molecule has 9 heteroatoms. The zero-order valence-electron chi connectivity index (χ0n) is 37.5. The van der Waals surface area contributed by atoms with Crippen molar-refractivity contribution in [3.8, 4) is 0 Å². The van der Waals surface area contributed by atoms with Gasteiger partial charge in [0.25, 0.3) is 0 Å². The van der Waals surface area contributed by atoms with Gasteiger partial charge in [0.05, 0.1) is 19.8 Å². The maximum atomic E-state index is 12.6. The van der Waals surface area contributed by atoms with E-state index < -0.39 is 13.9 Å². The van der Waals surface area contributed by atoms with Crippen LogP contribution in [0.3, 0.4) is 0 Å². The monoisotopic (exact) mass is 836 g/mol. The number of rotatable bonds is 45. The van der Waals surface area contributed by atoms with E-state index in [0.717, 1.165) is 64.2 Å². The molecule has 58 heavy (non-hydrogen) atoms. The summed E-state index contributed by atoms with van der Waals surface area (Å²) in [7, 11) is -4.29. The van der Waals surface area contributed by atoms with E-state index in [4.69, 9.17) is 24.3 Å². The van der Waals surface area contributed by atoms with Crippen LogP contribution in [0.4, 0.5) is 0 Å². The molecule has 0 bridgehead atoms. The Bertz CT molecular complexity index is 1070. The molecule has 338 valence electrons. The normalized spacial score (nSPS) is 13.9. The molecular weight excluding hydrogens is 746 g/mol. The molecule has 0 aromatic carbocycles. The van der Waals surface area contributed by atoms with Crippen LogP contribution in [0.5, 0.6) is 0 Å². The van der Waals surface area contributed by atoms with Crippen LogP contribution < -0.4 is 5.73 Å². The smallest absolute Gasteiger partial charge is 0.457 e. The Morgan fingerprint density at radius 3 is 1.47 bits per heavy atom. The third-order valence-electron chi connectivity index (χ3n) is 9.92. The molecule has 0 saturated carbocycles. The number of unbranched alkanes of at least 4 members (excludes halogenated alkanes) is 22. The first-order valence-corrected chi connectivity index (χ1v) is 25.3. The van der Waals surface area contributed by atoms with Crippen molar-refractivity contribution in [1.29, 1.82) is 0 Å². The van der Waals surface area contributed by atoms with E-state index in [1.807, 2.05) is 0 Å². The van der Waals surface area contributed by atoms with E-state index in [1.54, 1.807) is 0 Å². The second-order valence-electron chi connectivity index (χ2n) is 15.6. The number of nitrogens with two attached hydrogens (primary N) is 1. The maximum Gasteiger partial charge on any atom is 0.472 e. The van der Waals surface area contributed by atoms with Crippen molar-refractivity contribution in [2.24, 2.45) is 5.73 Å². The van der Waals surface area contributed by atoms with Crippen LogP contribution in [0.15, 0.2) is 60.8 Å². The fraction of sp³-hybridized carbons (Fsp3) is 0.776. The summed E-state index contributed by atoms with van der Waals surface area (Å²) < 4.78 is 33.5. The Morgan fingerprint density at radius 1 is 0.534 bits per heavy atom. The second kappa shape index (κ2) is 46.3. The lowest BCUT2D eigenvalue weighted by atomic mass is 10.1. The minimum absolute atomic E-state index is 0.0963. The number of carbonyl (C=O) groups excluding carboxylic acids is 1. The fourth-order valence-electron chi connectivity index (χ4n) is 6.45. The number of hydrogen-bond donors (Lipinski definition) is 2. The minimum Gasteiger partial charge on any atom is -0.457 e. The van der Waals surface area contributed by atoms with Gasteiger partial charge in [-0.25, -0.2) is 4.57 Å². The molecule has 2 atom stereocenters. The van der Waals surface area contributed by atoms with Crippen LogP contribution in [0.2, 0.25) is 0 Å². The van der Waals surface area contributed by atoms with Crippen molar-refractivity contribution < 1.29 is 32.8 Å². The van der Waals surface area contributed by atoms with Gasteiger partial charge in [-0.15, -0.1) is 0 Å². The van der Waals surface area contributed by atoms with Gasteiger partial charge in [0, 0.05) is 19.6 Å². The number of phosphoric ester groups is 1. The SMILES string of the molecule is CC/C=C\C/C=C\C/C=C\C/C=C\CCCCCCCCCCC(=O)OC(COCCCCCCCCCC/C=C\CCCCCCCC)COP(=O)(O)OCCN. The molecule has 0 aromatic heterocycles. The second-order valence-corrected chi connectivity index (χ2v) is 17.0. The molecule has 0 aliphatic carbocycles. The summed E-state index contributed by atoms with van der Waals surface area (Å²) in [6.45, 7) is 4.80. The van der Waals surface area contributed by atoms with Gasteiger partial charge in [0.15, 0.2) is 0 Å².